The fourth-order valence-electron chi connectivity index (χ4n) is 2.26. The maximum absolute atomic E-state index is 13.4. The Morgan fingerprint density at radius 3 is 2.53 bits per heavy atom. The molecule has 1 aliphatic carbocycles. The van der Waals surface area contributed by atoms with Crippen molar-refractivity contribution in [2.75, 3.05) is 5.32 Å². The summed E-state index contributed by atoms with van der Waals surface area (Å²) in [5.74, 6) is -1.09. The summed E-state index contributed by atoms with van der Waals surface area (Å²) in [5.41, 5.74) is 0.382. The van der Waals surface area contributed by atoms with Gasteiger partial charge >= 0.3 is 0 Å². The van der Waals surface area contributed by atoms with Crippen molar-refractivity contribution in [3.8, 4) is 0 Å². The van der Waals surface area contributed by atoms with E-state index >= 15 is 0 Å². The second-order valence-electron chi connectivity index (χ2n) is 5.57. The molecule has 0 aromatic carbocycles. The van der Waals surface area contributed by atoms with Gasteiger partial charge in [0.05, 0.1) is 6.20 Å². The molecule has 0 saturated heterocycles. The predicted molar refractivity (Wildman–Crippen MR) is 63.8 cm³/mol. The molecular formula is C13H18F2N2. The fraction of sp³-hybridized carbons (Fsp3) is 0.615. The van der Waals surface area contributed by atoms with Crippen LogP contribution in [-0.4, -0.2) is 11.0 Å². The van der Waals surface area contributed by atoms with Crippen molar-refractivity contribution in [1.82, 2.24) is 4.98 Å². The summed E-state index contributed by atoms with van der Waals surface area (Å²) >= 11 is 0. The molecule has 1 aromatic rings. The summed E-state index contributed by atoms with van der Waals surface area (Å²) in [6.45, 7) is 4.50. The fourth-order valence-corrected chi connectivity index (χ4v) is 2.26. The van der Waals surface area contributed by atoms with Gasteiger partial charge in [0.2, 0.25) is 0 Å². The lowest BCUT2D eigenvalue weighted by Gasteiger charge is -2.34. The second kappa shape index (κ2) is 4.59. The highest BCUT2D eigenvalue weighted by atomic mass is 19.1. The Bertz CT molecular complexity index is 394. The quantitative estimate of drug-likeness (QED) is 0.851. The molecule has 1 saturated carbocycles. The van der Waals surface area contributed by atoms with Crippen molar-refractivity contribution < 1.29 is 8.78 Å². The van der Waals surface area contributed by atoms with E-state index in [2.05, 4.69) is 24.1 Å². The number of anilines is 1. The number of rotatable bonds is 2. The molecule has 0 amide bonds. The van der Waals surface area contributed by atoms with Gasteiger partial charge < -0.3 is 5.32 Å². The minimum atomic E-state index is -0.641. The first kappa shape index (κ1) is 12.3. The van der Waals surface area contributed by atoms with Gasteiger partial charge in [-0.1, -0.05) is 13.8 Å². The highest BCUT2D eigenvalue weighted by Gasteiger charge is 2.27. The third-order valence-corrected chi connectivity index (χ3v) is 3.49. The van der Waals surface area contributed by atoms with E-state index in [-0.39, 0.29) is 11.9 Å². The summed E-state index contributed by atoms with van der Waals surface area (Å²) < 4.78 is 26.1. The lowest BCUT2D eigenvalue weighted by atomic mass is 9.75. The maximum atomic E-state index is 13.4. The van der Waals surface area contributed by atoms with Crippen molar-refractivity contribution in [1.29, 1.82) is 0 Å². The van der Waals surface area contributed by atoms with Crippen LogP contribution in [0.2, 0.25) is 0 Å². The van der Waals surface area contributed by atoms with Crippen molar-refractivity contribution in [3.05, 3.63) is 23.9 Å². The van der Waals surface area contributed by atoms with Crippen LogP contribution in [0.25, 0.3) is 0 Å². The predicted octanol–water partition coefficient (Wildman–Crippen LogP) is 3.74. The molecule has 1 N–H and O–H groups in total. The molecule has 0 unspecified atom stereocenters. The van der Waals surface area contributed by atoms with Crippen LogP contribution < -0.4 is 5.32 Å². The Morgan fingerprint density at radius 1 is 1.29 bits per heavy atom. The van der Waals surface area contributed by atoms with Gasteiger partial charge in [-0.15, -0.1) is 0 Å². The molecule has 4 heteroatoms. The number of nitrogens with one attached hydrogen (secondary N) is 1. The minimum Gasteiger partial charge on any atom is -0.365 e. The maximum Gasteiger partial charge on any atom is 0.168 e. The van der Waals surface area contributed by atoms with E-state index in [1.807, 2.05) is 0 Å². The third-order valence-electron chi connectivity index (χ3n) is 3.49. The first-order valence-corrected chi connectivity index (χ1v) is 6.04. The van der Waals surface area contributed by atoms with Crippen LogP contribution in [0, 0.1) is 17.0 Å². The van der Waals surface area contributed by atoms with Gasteiger partial charge in [0, 0.05) is 12.1 Å². The summed E-state index contributed by atoms with van der Waals surface area (Å²) in [6, 6.07) is 1.11. The first-order valence-electron chi connectivity index (χ1n) is 6.04. The van der Waals surface area contributed by atoms with Crippen LogP contribution in [0.1, 0.15) is 39.5 Å². The van der Waals surface area contributed by atoms with E-state index in [1.165, 1.54) is 0 Å². The Hall–Kier alpha value is -1.19. The first-order chi connectivity index (χ1) is 7.96. The number of pyridine rings is 1. The largest absolute Gasteiger partial charge is 0.365 e. The number of nitrogens with zero attached hydrogens (tertiary/aromatic N) is 1. The van der Waals surface area contributed by atoms with Crippen LogP contribution >= 0.6 is 0 Å². The molecule has 1 fully saturated rings. The van der Waals surface area contributed by atoms with Crippen LogP contribution in [0.4, 0.5) is 14.6 Å². The molecule has 0 radical (unpaired) electrons. The van der Waals surface area contributed by atoms with Gasteiger partial charge in [-0.3, -0.25) is 0 Å². The van der Waals surface area contributed by atoms with Crippen molar-refractivity contribution in [3.63, 3.8) is 0 Å². The van der Waals surface area contributed by atoms with Gasteiger partial charge in [0.1, 0.15) is 5.82 Å². The van der Waals surface area contributed by atoms with E-state index in [1.54, 1.807) is 0 Å². The average molecular weight is 240 g/mol. The smallest absolute Gasteiger partial charge is 0.168 e. The molecule has 1 aromatic heterocycles. The Labute approximate surface area is 100 Å². The zero-order valence-electron chi connectivity index (χ0n) is 10.3. The van der Waals surface area contributed by atoms with E-state index in [4.69, 9.17) is 0 Å². The number of aromatic nitrogens is 1. The number of halogens is 2. The molecule has 1 aliphatic rings. The molecule has 0 atom stereocenters. The van der Waals surface area contributed by atoms with Crippen LogP contribution in [0.5, 0.6) is 0 Å². The molecule has 0 spiro atoms. The molecule has 17 heavy (non-hydrogen) atoms. The van der Waals surface area contributed by atoms with Crippen LogP contribution in [0.15, 0.2) is 12.3 Å². The third kappa shape index (κ3) is 3.14. The second-order valence-corrected chi connectivity index (χ2v) is 5.57. The molecule has 0 bridgehead atoms. The Morgan fingerprint density at radius 2 is 1.94 bits per heavy atom. The standard InChI is InChI=1S/C13H18F2N2/c1-13(2)5-3-10(4-6-13)17-12-11(15)7-9(14)8-16-12/h7-8,10H,3-6H2,1-2H3,(H,16,17). The van der Waals surface area contributed by atoms with Gasteiger partial charge in [-0.2, -0.15) is 0 Å². The van der Waals surface area contributed by atoms with Gasteiger partial charge in [0.25, 0.3) is 0 Å². The highest BCUT2D eigenvalue weighted by Crippen LogP contribution is 2.36. The van der Waals surface area contributed by atoms with Crippen molar-refractivity contribution >= 4 is 5.82 Å². The zero-order chi connectivity index (χ0) is 12.5. The molecule has 94 valence electrons. The highest BCUT2D eigenvalue weighted by molar-refractivity contribution is 5.37. The number of hydrogen-bond acceptors (Lipinski definition) is 2. The van der Waals surface area contributed by atoms with E-state index in [9.17, 15) is 8.78 Å². The molecule has 1 heterocycles. The van der Waals surface area contributed by atoms with E-state index < -0.39 is 11.6 Å². The number of hydrogen-bond donors (Lipinski definition) is 1. The molecule has 2 nitrogen and oxygen atoms in total. The van der Waals surface area contributed by atoms with Crippen LogP contribution in [-0.2, 0) is 0 Å². The lowest BCUT2D eigenvalue weighted by molar-refractivity contribution is 0.232. The van der Waals surface area contributed by atoms with Crippen LogP contribution in [0.3, 0.4) is 0 Å². The summed E-state index contributed by atoms with van der Waals surface area (Å²) in [7, 11) is 0. The van der Waals surface area contributed by atoms with Gasteiger partial charge in [-0.05, 0) is 31.1 Å². The Kier molecular flexibility index (Phi) is 3.31. The normalized spacial score (nSPS) is 20.2. The topological polar surface area (TPSA) is 24.9 Å². The summed E-state index contributed by atoms with van der Waals surface area (Å²) in [5, 5.41) is 3.06. The average Bonchev–Trinajstić information content (AvgIpc) is 2.25. The molecular weight excluding hydrogens is 222 g/mol. The van der Waals surface area contributed by atoms with Gasteiger partial charge in [-0.25, -0.2) is 13.8 Å². The van der Waals surface area contributed by atoms with Crippen molar-refractivity contribution in [2.24, 2.45) is 5.41 Å². The summed E-state index contributed by atoms with van der Waals surface area (Å²) in [6.07, 6.45) is 5.29. The Balaban J connectivity index is 1.98. The lowest BCUT2D eigenvalue weighted by Crippen LogP contribution is -2.30. The monoisotopic (exact) mass is 240 g/mol. The molecule has 2 rings (SSSR count). The minimum absolute atomic E-state index is 0.163. The van der Waals surface area contributed by atoms with E-state index in [0.717, 1.165) is 37.9 Å². The van der Waals surface area contributed by atoms with Crippen molar-refractivity contribution in [2.45, 2.75) is 45.6 Å². The van der Waals surface area contributed by atoms with E-state index in [0.29, 0.717) is 5.41 Å². The summed E-state index contributed by atoms with van der Waals surface area (Å²) in [4.78, 5) is 3.75. The zero-order valence-corrected chi connectivity index (χ0v) is 10.3. The van der Waals surface area contributed by atoms with Gasteiger partial charge in [0.15, 0.2) is 11.6 Å². The SMILES string of the molecule is CC1(C)CCC(Nc2ncc(F)cc2F)CC1. The molecule has 0 aliphatic heterocycles.